The van der Waals surface area contributed by atoms with Crippen molar-refractivity contribution in [3.8, 4) is 0 Å². The van der Waals surface area contributed by atoms with E-state index < -0.39 is 0 Å². The molecule has 2 amide bonds. The molecule has 2 fully saturated rings. The molecule has 0 bridgehead atoms. The summed E-state index contributed by atoms with van der Waals surface area (Å²) in [7, 11) is 0. The van der Waals surface area contributed by atoms with E-state index in [0.717, 1.165) is 53.1 Å². The van der Waals surface area contributed by atoms with Crippen LogP contribution in [-0.4, -0.2) is 27.4 Å². The van der Waals surface area contributed by atoms with Gasteiger partial charge in [-0.05, 0) is 49.8 Å². The first-order valence-corrected chi connectivity index (χ1v) is 10.3. The summed E-state index contributed by atoms with van der Waals surface area (Å²) in [6, 6.07) is 12.5. The first-order valence-electron chi connectivity index (χ1n) is 9.52. The number of benzene rings is 1. The largest absolute Gasteiger partial charge is 0.328 e. The van der Waals surface area contributed by atoms with E-state index in [-0.39, 0.29) is 17.6 Å². The van der Waals surface area contributed by atoms with Gasteiger partial charge >= 0.3 is 6.03 Å². The maximum Gasteiger partial charge on any atom is 0.318 e. The number of hydrogen-bond acceptors (Lipinski definition) is 4. The van der Waals surface area contributed by atoms with Crippen molar-refractivity contribution in [2.24, 2.45) is 0 Å². The van der Waals surface area contributed by atoms with Crippen molar-refractivity contribution in [1.29, 1.82) is 0 Å². The summed E-state index contributed by atoms with van der Waals surface area (Å²) in [4.78, 5) is 24.2. The standard InChI is InChI=1S/C21H22N4OS/c1-14-12-17-18(22-13-14)23-19(27-17)16-8-5-11-25(16)20(26)24-21(9-10-21)15-6-3-2-4-7-15/h2-4,6-7,12-13,16H,5,8-11H2,1H3,(H,24,26). The SMILES string of the molecule is Cc1cnc2nc(C3CCCN3C(=O)NC3(c4ccccc4)CC3)sc2c1. The Morgan fingerprint density at radius 2 is 2.11 bits per heavy atom. The molecule has 0 spiro atoms. The van der Waals surface area contributed by atoms with Crippen LogP contribution in [0.3, 0.4) is 0 Å². The molecule has 27 heavy (non-hydrogen) atoms. The number of hydrogen-bond donors (Lipinski definition) is 1. The molecule has 2 aromatic heterocycles. The molecular formula is C21H22N4OS. The van der Waals surface area contributed by atoms with Crippen LogP contribution >= 0.6 is 11.3 Å². The highest BCUT2D eigenvalue weighted by molar-refractivity contribution is 7.18. The van der Waals surface area contributed by atoms with Crippen LogP contribution in [0.2, 0.25) is 0 Å². The van der Waals surface area contributed by atoms with Crippen LogP contribution in [0.25, 0.3) is 10.3 Å². The Morgan fingerprint density at radius 3 is 2.89 bits per heavy atom. The molecule has 1 N–H and O–H groups in total. The maximum atomic E-state index is 13.1. The van der Waals surface area contributed by atoms with Crippen molar-refractivity contribution in [3.05, 3.63) is 58.7 Å². The van der Waals surface area contributed by atoms with Gasteiger partial charge in [0.25, 0.3) is 0 Å². The fourth-order valence-corrected chi connectivity index (χ4v) is 5.16. The number of pyridine rings is 1. The lowest BCUT2D eigenvalue weighted by Gasteiger charge is -2.27. The third-order valence-corrected chi connectivity index (χ3v) is 6.71. The van der Waals surface area contributed by atoms with Gasteiger partial charge in [0, 0.05) is 12.7 Å². The van der Waals surface area contributed by atoms with Gasteiger partial charge in [-0.15, -0.1) is 11.3 Å². The fourth-order valence-electron chi connectivity index (χ4n) is 3.99. The number of likely N-dealkylation sites (tertiary alicyclic amines) is 1. The molecule has 3 aromatic rings. The van der Waals surface area contributed by atoms with E-state index in [2.05, 4.69) is 28.5 Å². The second kappa shape index (κ2) is 6.30. The molecule has 5 rings (SSSR count). The van der Waals surface area contributed by atoms with Crippen LogP contribution in [0, 0.1) is 6.92 Å². The Kier molecular flexibility index (Phi) is 3.90. The molecule has 2 aliphatic rings. The minimum Gasteiger partial charge on any atom is -0.328 e. The zero-order chi connectivity index (χ0) is 18.4. The third kappa shape index (κ3) is 2.98. The van der Waals surface area contributed by atoms with E-state index in [1.807, 2.05) is 36.2 Å². The molecule has 6 heteroatoms. The predicted octanol–water partition coefficient (Wildman–Crippen LogP) is 4.54. The predicted molar refractivity (Wildman–Crippen MR) is 107 cm³/mol. The number of aromatic nitrogens is 2. The van der Waals surface area contributed by atoms with Crippen molar-refractivity contribution in [1.82, 2.24) is 20.2 Å². The molecule has 5 nitrogen and oxygen atoms in total. The summed E-state index contributed by atoms with van der Waals surface area (Å²) >= 11 is 1.66. The zero-order valence-electron chi connectivity index (χ0n) is 15.3. The quantitative estimate of drug-likeness (QED) is 0.728. The summed E-state index contributed by atoms with van der Waals surface area (Å²) in [6.07, 6.45) is 5.84. The van der Waals surface area contributed by atoms with Gasteiger partial charge in [-0.1, -0.05) is 30.3 Å². The number of amides is 2. The molecule has 1 aliphatic heterocycles. The molecule has 1 aliphatic carbocycles. The van der Waals surface area contributed by atoms with Gasteiger partial charge in [-0.3, -0.25) is 0 Å². The van der Waals surface area contributed by atoms with E-state index in [4.69, 9.17) is 4.98 Å². The number of aryl methyl sites for hydroxylation is 1. The molecule has 138 valence electrons. The van der Waals surface area contributed by atoms with Crippen molar-refractivity contribution >= 4 is 27.7 Å². The van der Waals surface area contributed by atoms with Gasteiger partial charge < -0.3 is 10.2 Å². The Balaban J connectivity index is 1.38. The molecule has 1 saturated carbocycles. The second-order valence-electron chi connectivity index (χ2n) is 7.62. The van der Waals surface area contributed by atoms with Crippen molar-refractivity contribution in [2.45, 2.75) is 44.2 Å². The molecule has 1 saturated heterocycles. The summed E-state index contributed by atoms with van der Waals surface area (Å²) in [5.41, 5.74) is 2.94. The summed E-state index contributed by atoms with van der Waals surface area (Å²) in [6.45, 7) is 2.82. The molecular weight excluding hydrogens is 356 g/mol. The highest BCUT2D eigenvalue weighted by Gasteiger charge is 2.47. The number of rotatable bonds is 3. The smallest absolute Gasteiger partial charge is 0.318 e. The van der Waals surface area contributed by atoms with E-state index in [1.165, 1.54) is 5.56 Å². The second-order valence-corrected chi connectivity index (χ2v) is 8.68. The molecule has 1 unspecified atom stereocenters. The minimum atomic E-state index is -0.183. The Hall–Kier alpha value is -2.47. The number of carbonyl (C=O) groups excluding carboxylic acids is 1. The van der Waals surface area contributed by atoms with E-state index in [1.54, 1.807) is 11.3 Å². The topological polar surface area (TPSA) is 58.1 Å². The van der Waals surface area contributed by atoms with Crippen molar-refractivity contribution < 1.29 is 4.79 Å². The van der Waals surface area contributed by atoms with Crippen LogP contribution in [0.15, 0.2) is 42.6 Å². The van der Waals surface area contributed by atoms with Crippen LogP contribution in [0.4, 0.5) is 4.79 Å². The van der Waals surface area contributed by atoms with Crippen LogP contribution < -0.4 is 5.32 Å². The van der Waals surface area contributed by atoms with Gasteiger partial charge in [0.15, 0.2) is 5.65 Å². The van der Waals surface area contributed by atoms with Crippen LogP contribution in [0.1, 0.15) is 47.9 Å². The molecule has 1 atom stereocenters. The number of urea groups is 1. The van der Waals surface area contributed by atoms with E-state index in [0.29, 0.717) is 0 Å². The summed E-state index contributed by atoms with van der Waals surface area (Å²) < 4.78 is 1.10. The minimum absolute atomic E-state index is 0.0299. The first-order chi connectivity index (χ1) is 13.1. The normalized spacial score (nSPS) is 20.8. The average molecular weight is 379 g/mol. The average Bonchev–Trinajstić information content (AvgIpc) is 3.12. The molecule has 0 radical (unpaired) electrons. The molecule has 3 heterocycles. The number of carbonyl (C=O) groups is 1. The number of nitrogens with zero attached hydrogens (tertiary/aromatic N) is 3. The van der Waals surface area contributed by atoms with Gasteiger partial charge in [-0.2, -0.15) is 0 Å². The number of thiazole rings is 1. The highest BCUT2D eigenvalue weighted by Crippen LogP contribution is 2.46. The lowest BCUT2D eigenvalue weighted by molar-refractivity contribution is 0.187. The Bertz CT molecular complexity index is 996. The van der Waals surface area contributed by atoms with Crippen LogP contribution in [0.5, 0.6) is 0 Å². The lowest BCUT2D eigenvalue weighted by Crippen LogP contribution is -2.44. The van der Waals surface area contributed by atoms with Gasteiger partial charge in [0.1, 0.15) is 5.01 Å². The monoisotopic (exact) mass is 378 g/mol. The van der Waals surface area contributed by atoms with Gasteiger partial charge in [-0.25, -0.2) is 14.8 Å². The maximum absolute atomic E-state index is 13.1. The lowest BCUT2D eigenvalue weighted by atomic mass is 10.1. The number of nitrogens with one attached hydrogen (secondary N) is 1. The summed E-state index contributed by atoms with van der Waals surface area (Å²) in [5, 5.41) is 4.32. The first kappa shape index (κ1) is 16.7. The Labute approximate surface area is 162 Å². The van der Waals surface area contributed by atoms with Gasteiger partial charge in [0.2, 0.25) is 0 Å². The van der Waals surface area contributed by atoms with E-state index >= 15 is 0 Å². The zero-order valence-corrected chi connectivity index (χ0v) is 16.1. The summed E-state index contributed by atoms with van der Waals surface area (Å²) in [5.74, 6) is 0. The highest BCUT2D eigenvalue weighted by atomic mass is 32.1. The Morgan fingerprint density at radius 1 is 1.30 bits per heavy atom. The third-order valence-electron chi connectivity index (χ3n) is 5.62. The van der Waals surface area contributed by atoms with Gasteiger partial charge in [0.05, 0.1) is 16.3 Å². The molecule has 1 aromatic carbocycles. The van der Waals surface area contributed by atoms with Crippen molar-refractivity contribution in [2.75, 3.05) is 6.54 Å². The number of fused-ring (bicyclic) bond motifs is 1. The fraction of sp³-hybridized carbons (Fsp3) is 0.381. The van der Waals surface area contributed by atoms with Crippen LogP contribution in [-0.2, 0) is 5.54 Å². The van der Waals surface area contributed by atoms with E-state index in [9.17, 15) is 4.79 Å². The van der Waals surface area contributed by atoms with Crippen molar-refractivity contribution in [3.63, 3.8) is 0 Å².